The van der Waals surface area contributed by atoms with Gasteiger partial charge in [-0.15, -0.1) is 0 Å². The monoisotopic (exact) mass is 178 g/mol. The van der Waals surface area contributed by atoms with E-state index >= 15 is 0 Å². The topological polar surface area (TPSA) is 98.2 Å². The number of hydrazine groups is 1. The summed E-state index contributed by atoms with van der Waals surface area (Å²) in [6, 6.07) is 4.47. The van der Waals surface area contributed by atoms with Crippen molar-refractivity contribution in [3.8, 4) is 0 Å². The zero-order chi connectivity index (χ0) is 9.84. The first-order valence-corrected chi connectivity index (χ1v) is 3.48. The van der Waals surface area contributed by atoms with Crippen LogP contribution in [0.25, 0.3) is 0 Å². The number of hydrogen-bond donors (Lipinski definition) is 3. The molecule has 1 amide bonds. The van der Waals surface area contributed by atoms with Crippen LogP contribution in [0.3, 0.4) is 0 Å². The molecule has 0 fully saturated rings. The smallest absolute Gasteiger partial charge is 0.267 e. The molecule has 0 saturated carbocycles. The van der Waals surface area contributed by atoms with Crippen LogP contribution in [0.15, 0.2) is 18.2 Å². The van der Waals surface area contributed by atoms with E-state index in [1.54, 1.807) is 6.29 Å². The van der Waals surface area contributed by atoms with Gasteiger partial charge in [0.2, 0.25) is 6.29 Å². The number of nitrogen functional groups attached to an aromatic ring is 2. The molecule has 0 atom stereocenters. The average molecular weight is 178 g/mol. The first kappa shape index (κ1) is 9.21. The number of carbonyl (C=O) groups is 1. The second-order valence-corrected chi connectivity index (χ2v) is 2.34. The molecule has 1 radical (unpaired) electrons. The highest BCUT2D eigenvalue weighted by Gasteiger charge is 2.10. The Labute approximate surface area is 74.7 Å². The quantitative estimate of drug-likeness (QED) is 0.242. The third-order valence-corrected chi connectivity index (χ3v) is 1.59. The second kappa shape index (κ2) is 3.68. The lowest BCUT2D eigenvalue weighted by molar-refractivity contribution is 0.0954. The zero-order valence-electron chi connectivity index (χ0n) is 6.70. The summed E-state index contributed by atoms with van der Waals surface area (Å²) in [5.74, 6) is 4.38. The molecule has 0 aromatic heterocycles. The van der Waals surface area contributed by atoms with Gasteiger partial charge in [-0.05, 0) is 12.1 Å². The van der Waals surface area contributed by atoms with Gasteiger partial charge in [0, 0.05) is 5.56 Å². The fraction of sp³-hybridized carbons (Fsp3) is 0. The van der Waals surface area contributed by atoms with Crippen LogP contribution in [0, 0.1) is 0 Å². The van der Waals surface area contributed by atoms with Crippen LogP contribution in [0.1, 0.15) is 15.9 Å². The maximum absolute atomic E-state index is 11.1. The minimum atomic E-state index is -0.533. The largest absolute Gasteiger partial charge is 0.397 e. The number of nitrogens with one attached hydrogen (secondary N) is 1. The van der Waals surface area contributed by atoms with E-state index in [0.717, 1.165) is 0 Å². The van der Waals surface area contributed by atoms with Crippen LogP contribution in [0.4, 0.5) is 5.69 Å². The van der Waals surface area contributed by atoms with Crippen molar-refractivity contribution in [1.82, 2.24) is 5.43 Å². The number of nitrogens with two attached hydrogens (primary N) is 2. The number of rotatable bonds is 2. The summed E-state index contributed by atoms with van der Waals surface area (Å²) in [4.78, 5) is 21.4. The van der Waals surface area contributed by atoms with Crippen molar-refractivity contribution >= 4 is 17.9 Å². The Balaban J connectivity index is 3.23. The molecule has 67 valence electrons. The number of benzene rings is 1. The fourth-order valence-electron chi connectivity index (χ4n) is 0.930. The van der Waals surface area contributed by atoms with Gasteiger partial charge in [-0.3, -0.25) is 15.0 Å². The Morgan fingerprint density at radius 1 is 1.46 bits per heavy atom. The van der Waals surface area contributed by atoms with E-state index in [-0.39, 0.29) is 16.8 Å². The molecule has 1 rings (SSSR count). The molecule has 5 N–H and O–H groups in total. The van der Waals surface area contributed by atoms with Gasteiger partial charge >= 0.3 is 0 Å². The minimum Gasteiger partial charge on any atom is -0.397 e. The van der Waals surface area contributed by atoms with Crippen molar-refractivity contribution in [2.75, 3.05) is 5.73 Å². The summed E-state index contributed by atoms with van der Waals surface area (Å²) in [6.45, 7) is 0. The van der Waals surface area contributed by atoms with E-state index in [2.05, 4.69) is 0 Å². The normalized spacial score (nSPS) is 9.31. The molecule has 0 heterocycles. The summed E-state index contributed by atoms with van der Waals surface area (Å²) in [5, 5.41) is 0. The molecule has 1 aromatic carbocycles. The summed E-state index contributed by atoms with van der Waals surface area (Å²) in [7, 11) is 0. The Morgan fingerprint density at radius 3 is 2.69 bits per heavy atom. The number of hydrogen-bond acceptors (Lipinski definition) is 4. The van der Waals surface area contributed by atoms with Gasteiger partial charge in [-0.1, -0.05) is 6.07 Å². The molecule has 13 heavy (non-hydrogen) atoms. The Bertz CT molecular complexity index is 349. The lowest BCUT2D eigenvalue weighted by Gasteiger charge is -2.04. The molecule has 0 spiro atoms. The molecule has 0 bridgehead atoms. The molecule has 0 aliphatic rings. The van der Waals surface area contributed by atoms with Crippen LogP contribution in [-0.2, 0) is 4.79 Å². The molecular formula is C8H8N3O2. The van der Waals surface area contributed by atoms with Crippen molar-refractivity contribution in [1.29, 1.82) is 0 Å². The van der Waals surface area contributed by atoms with Gasteiger partial charge in [0.05, 0.1) is 11.3 Å². The minimum absolute atomic E-state index is 0.0838. The third-order valence-electron chi connectivity index (χ3n) is 1.59. The first-order valence-electron chi connectivity index (χ1n) is 3.48. The molecule has 0 saturated heterocycles. The fourth-order valence-corrected chi connectivity index (χ4v) is 0.930. The van der Waals surface area contributed by atoms with Crippen molar-refractivity contribution < 1.29 is 9.59 Å². The molecule has 5 nitrogen and oxygen atoms in total. The number of anilines is 1. The Morgan fingerprint density at radius 2 is 2.15 bits per heavy atom. The van der Waals surface area contributed by atoms with Crippen LogP contribution in [0.5, 0.6) is 0 Å². The number of para-hydroxylation sites is 1. The van der Waals surface area contributed by atoms with Gasteiger partial charge in [0.1, 0.15) is 0 Å². The zero-order valence-corrected chi connectivity index (χ0v) is 6.70. The van der Waals surface area contributed by atoms with Gasteiger partial charge in [-0.25, -0.2) is 5.84 Å². The van der Waals surface area contributed by atoms with E-state index in [1.807, 2.05) is 5.43 Å². The third kappa shape index (κ3) is 1.65. The van der Waals surface area contributed by atoms with E-state index in [4.69, 9.17) is 11.6 Å². The predicted molar refractivity (Wildman–Crippen MR) is 47.3 cm³/mol. The Hall–Kier alpha value is -1.88. The lowest BCUT2D eigenvalue weighted by atomic mass is 10.1. The van der Waals surface area contributed by atoms with Gasteiger partial charge < -0.3 is 5.73 Å². The van der Waals surface area contributed by atoms with E-state index < -0.39 is 5.91 Å². The Kier molecular flexibility index (Phi) is 2.61. The lowest BCUT2D eigenvalue weighted by Crippen LogP contribution is -2.30. The maximum Gasteiger partial charge on any atom is 0.267 e. The van der Waals surface area contributed by atoms with Crippen LogP contribution >= 0.6 is 0 Å². The van der Waals surface area contributed by atoms with Crippen molar-refractivity contribution in [2.24, 2.45) is 5.84 Å². The van der Waals surface area contributed by atoms with Crippen molar-refractivity contribution in [3.63, 3.8) is 0 Å². The van der Waals surface area contributed by atoms with Crippen LogP contribution < -0.4 is 17.0 Å². The first-order chi connectivity index (χ1) is 6.20. The number of amides is 1. The summed E-state index contributed by atoms with van der Waals surface area (Å²) < 4.78 is 0. The van der Waals surface area contributed by atoms with Crippen molar-refractivity contribution in [2.45, 2.75) is 0 Å². The predicted octanol–water partition coefficient (Wildman–Crippen LogP) is -0.670. The summed E-state index contributed by atoms with van der Waals surface area (Å²) in [5.41, 5.74) is 7.82. The maximum atomic E-state index is 11.1. The standard InChI is InChI=1S/C8H8N3O2/c9-7-5(4-12)2-1-3-6(7)8(13)11-10/h1-3H,9-10H2,(H,11,13). The van der Waals surface area contributed by atoms with Crippen LogP contribution in [-0.4, -0.2) is 12.2 Å². The molecule has 0 aliphatic heterocycles. The van der Waals surface area contributed by atoms with Gasteiger partial charge in [0.15, 0.2) is 0 Å². The SMILES string of the molecule is NNC(=O)c1cccc([C]=O)c1N. The van der Waals surface area contributed by atoms with E-state index in [1.165, 1.54) is 18.2 Å². The average Bonchev–Trinajstić information content (AvgIpc) is 2.17. The number of carbonyl (C=O) groups excluding carboxylic acids is 2. The molecule has 0 unspecified atom stereocenters. The van der Waals surface area contributed by atoms with Crippen LogP contribution in [0.2, 0.25) is 0 Å². The van der Waals surface area contributed by atoms with E-state index in [9.17, 15) is 9.59 Å². The summed E-state index contributed by atoms with van der Waals surface area (Å²) in [6.07, 6.45) is 1.62. The van der Waals surface area contributed by atoms with E-state index in [0.29, 0.717) is 0 Å². The van der Waals surface area contributed by atoms with Crippen molar-refractivity contribution in [3.05, 3.63) is 29.3 Å². The molecule has 0 aliphatic carbocycles. The molecule has 5 heteroatoms. The summed E-state index contributed by atoms with van der Waals surface area (Å²) >= 11 is 0. The highest BCUT2D eigenvalue weighted by molar-refractivity contribution is 6.02. The molecular weight excluding hydrogens is 170 g/mol. The highest BCUT2D eigenvalue weighted by Crippen LogP contribution is 2.14. The van der Waals surface area contributed by atoms with Gasteiger partial charge in [-0.2, -0.15) is 0 Å². The molecule has 1 aromatic rings. The highest BCUT2D eigenvalue weighted by atomic mass is 16.2. The van der Waals surface area contributed by atoms with Gasteiger partial charge in [0.25, 0.3) is 5.91 Å². The second-order valence-electron chi connectivity index (χ2n) is 2.34.